The van der Waals surface area contributed by atoms with Crippen molar-refractivity contribution in [3.63, 3.8) is 0 Å². The average molecular weight is 476 g/mol. The van der Waals surface area contributed by atoms with Crippen molar-refractivity contribution in [3.05, 3.63) is 71.8 Å². The zero-order chi connectivity index (χ0) is 25.2. The third-order valence-corrected chi connectivity index (χ3v) is 6.74. The molecule has 0 aromatic heterocycles. The van der Waals surface area contributed by atoms with Crippen LogP contribution in [0.25, 0.3) is 0 Å². The lowest BCUT2D eigenvalue weighted by Gasteiger charge is -2.41. The number of nitrogens with zero attached hydrogens (tertiary/aromatic N) is 3. The zero-order valence-electron chi connectivity index (χ0n) is 20.5. The van der Waals surface area contributed by atoms with Crippen LogP contribution in [0.5, 0.6) is 0 Å². The molecule has 2 heterocycles. The second-order valence-electron chi connectivity index (χ2n) is 10.1. The van der Waals surface area contributed by atoms with Gasteiger partial charge in [-0.25, -0.2) is 5.01 Å². The summed E-state index contributed by atoms with van der Waals surface area (Å²) in [4.78, 5) is 41.7. The number of carbonyl (C=O) groups excluding carboxylic acids is 3. The number of likely N-dealkylation sites (tertiary alicyclic amines) is 1. The van der Waals surface area contributed by atoms with E-state index >= 15 is 0 Å². The predicted molar refractivity (Wildman–Crippen MR) is 134 cm³/mol. The molecule has 2 aliphatic rings. The largest absolute Gasteiger partial charge is 0.342 e. The maximum Gasteiger partial charge on any atom is 0.256 e. The van der Waals surface area contributed by atoms with E-state index in [-0.39, 0.29) is 18.4 Å². The number of carbonyl (C=O) groups is 3. The molecule has 3 N–H and O–H groups in total. The van der Waals surface area contributed by atoms with Crippen molar-refractivity contribution in [1.29, 1.82) is 0 Å². The Morgan fingerprint density at radius 2 is 1.69 bits per heavy atom. The van der Waals surface area contributed by atoms with E-state index in [0.717, 1.165) is 16.8 Å². The molecule has 1 fully saturated rings. The van der Waals surface area contributed by atoms with E-state index in [1.807, 2.05) is 60.7 Å². The van der Waals surface area contributed by atoms with Gasteiger partial charge in [-0.3, -0.25) is 14.4 Å². The van der Waals surface area contributed by atoms with Crippen molar-refractivity contribution in [2.75, 3.05) is 20.1 Å². The highest BCUT2D eigenvalue weighted by molar-refractivity contribution is 6.13. The second-order valence-corrected chi connectivity index (χ2v) is 10.1. The highest BCUT2D eigenvalue weighted by atomic mass is 16.2. The fraction of sp³-hybridized carbons (Fsp3) is 0.407. The molecule has 2 aliphatic heterocycles. The lowest BCUT2D eigenvalue weighted by Crippen LogP contribution is -2.61. The summed E-state index contributed by atoms with van der Waals surface area (Å²) in [6, 6.07) is 18.5. The average Bonchev–Trinajstić information content (AvgIpc) is 3.08. The summed E-state index contributed by atoms with van der Waals surface area (Å²) in [5.74, 6) is -0.734. The van der Waals surface area contributed by atoms with Gasteiger partial charge in [-0.15, -0.1) is 0 Å². The Morgan fingerprint density at radius 1 is 1.09 bits per heavy atom. The minimum Gasteiger partial charge on any atom is -0.342 e. The first-order chi connectivity index (χ1) is 16.6. The lowest BCUT2D eigenvalue weighted by molar-refractivity contribution is -0.142. The number of amides is 3. The van der Waals surface area contributed by atoms with Crippen molar-refractivity contribution in [1.82, 2.24) is 15.2 Å². The molecule has 2 aromatic carbocycles. The van der Waals surface area contributed by atoms with Crippen LogP contribution >= 0.6 is 0 Å². The molecular weight excluding hydrogens is 442 g/mol. The van der Waals surface area contributed by atoms with Crippen LogP contribution in [0.3, 0.4) is 0 Å². The quantitative estimate of drug-likeness (QED) is 0.636. The number of rotatable bonds is 7. The van der Waals surface area contributed by atoms with Gasteiger partial charge < -0.3 is 16.0 Å². The highest BCUT2D eigenvalue weighted by Crippen LogP contribution is 2.38. The van der Waals surface area contributed by atoms with Crippen molar-refractivity contribution in [2.45, 2.75) is 44.7 Å². The summed E-state index contributed by atoms with van der Waals surface area (Å²) in [6.45, 7) is 3.87. The number of piperidine rings is 1. The van der Waals surface area contributed by atoms with Crippen LogP contribution in [0.15, 0.2) is 65.8 Å². The first-order valence-corrected chi connectivity index (χ1v) is 11.9. The smallest absolute Gasteiger partial charge is 0.256 e. The maximum atomic E-state index is 13.8. The summed E-state index contributed by atoms with van der Waals surface area (Å²) >= 11 is 0. The van der Waals surface area contributed by atoms with Gasteiger partial charge in [0.05, 0.1) is 11.3 Å². The number of benzene rings is 2. The molecule has 8 nitrogen and oxygen atoms in total. The van der Waals surface area contributed by atoms with Crippen LogP contribution in [-0.4, -0.2) is 65.1 Å². The summed E-state index contributed by atoms with van der Waals surface area (Å²) in [7, 11) is 1.66. The second kappa shape index (κ2) is 9.62. The Kier molecular flexibility index (Phi) is 6.76. The SMILES string of the molecule is CN1N=C2CCN(C(=O)C(Cc3ccccc3)NC(=O)C(C)(C)N)CC2(Cc2ccccc2)C1=O. The normalized spacial score (nSPS) is 20.8. The van der Waals surface area contributed by atoms with E-state index in [1.54, 1.807) is 25.8 Å². The molecule has 3 amide bonds. The molecular formula is C27H33N5O3. The third kappa shape index (κ3) is 5.12. The molecule has 0 bridgehead atoms. The molecule has 1 saturated heterocycles. The Labute approximate surface area is 206 Å². The fourth-order valence-electron chi connectivity index (χ4n) is 4.83. The monoisotopic (exact) mass is 475 g/mol. The van der Waals surface area contributed by atoms with Gasteiger partial charge in [0.2, 0.25) is 11.8 Å². The van der Waals surface area contributed by atoms with Gasteiger partial charge in [0.15, 0.2) is 0 Å². The Bertz CT molecular complexity index is 1130. The van der Waals surface area contributed by atoms with E-state index < -0.39 is 22.9 Å². The van der Waals surface area contributed by atoms with Crippen LogP contribution in [0, 0.1) is 5.41 Å². The Balaban J connectivity index is 1.62. The molecule has 0 saturated carbocycles. The van der Waals surface area contributed by atoms with Crippen molar-refractivity contribution >= 4 is 23.4 Å². The maximum absolute atomic E-state index is 13.8. The summed E-state index contributed by atoms with van der Waals surface area (Å²) in [5.41, 5.74) is 6.72. The van der Waals surface area contributed by atoms with Gasteiger partial charge >= 0.3 is 0 Å². The van der Waals surface area contributed by atoms with E-state index in [2.05, 4.69) is 10.4 Å². The standard InChI is InChI=1S/C27H33N5O3/c1-26(2,28)24(34)29-21(16-19-10-6-4-7-11-19)23(33)32-15-14-22-27(18-32,25(35)31(3)30-22)17-20-12-8-5-9-13-20/h4-13,21H,14-18,28H2,1-3H3,(H,29,34). The first-order valence-electron chi connectivity index (χ1n) is 11.9. The number of nitrogens with one attached hydrogen (secondary N) is 1. The van der Waals surface area contributed by atoms with Gasteiger partial charge in [-0.1, -0.05) is 60.7 Å². The molecule has 2 aromatic rings. The van der Waals surface area contributed by atoms with Crippen molar-refractivity contribution < 1.29 is 14.4 Å². The van der Waals surface area contributed by atoms with Gasteiger partial charge in [0, 0.05) is 33.0 Å². The minimum atomic E-state index is -1.13. The Morgan fingerprint density at radius 3 is 2.29 bits per heavy atom. The van der Waals surface area contributed by atoms with E-state index in [9.17, 15) is 14.4 Å². The van der Waals surface area contributed by atoms with Crippen LogP contribution in [0.2, 0.25) is 0 Å². The molecule has 8 heteroatoms. The number of hydrogen-bond acceptors (Lipinski definition) is 5. The van der Waals surface area contributed by atoms with Crippen molar-refractivity contribution in [3.8, 4) is 0 Å². The summed E-state index contributed by atoms with van der Waals surface area (Å²) < 4.78 is 0. The first kappa shape index (κ1) is 24.6. The Hall–Kier alpha value is -3.52. The molecule has 4 rings (SSSR count). The van der Waals surface area contributed by atoms with Crippen LogP contribution in [0.4, 0.5) is 0 Å². The van der Waals surface area contributed by atoms with E-state index in [0.29, 0.717) is 25.8 Å². The van der Waals surface area contributed by atoms with Gasteiger partial charge in [0.25, 0.3) is 5.91 Å². The van der Waals surface area contributed by atoms with E-state index in [4.69, 9.17) is 5.73 Å². The highest BCUT2D eigenvalue weighted by Gasteiger charge is 2.53. The predicted octanol–water partition coefficient (Wildman–Crippen LogP) is 1.74. The van der Waals surface area contributed by atoms with Crippen molar-refractivity contribution in [2.24, 2.45) is 16.3 Å². The molecule has 184 valence electrons. The number of hydrogen-bond donors (Lipinski definition) is 2. The van der Waals surface area contributed by atoms with Crippen LogP contribution < -0.4 is 11.1 Å². The fourth-order valence-corrected chi connectivity index (χ4v) is 4.83. The molecule has 2 unspecified atom stereocenters. The van der Waals surface area contributed by atoms with Gasteiger partial charge in [0.1, 0.15) is 11.5 Å². The molecule has 0 radical (unpaired) electrons. The van der Waals surface area contributed by atoms with Gasteiger partial charge in [-0.05, 0) is 31.4 Å². The van der Waals surface area contributed by atoms with Gasteiger partial charge in [-0.2, -0.15) is 5.10 Å². The summed E-state index contributed by atoms with van der Waals surface area (Å²) in [6.07, 6.45) is 1.30. The minimum absolute atomic E-state index is 0.111. The molecule has 0 aliphatic carbocycles. The third-order valence-electron chi connectivity index (χ3n) is 6.74. The van der Waals surface area contributed by atoms with Crippen LogP contribution in [-0.2, 0) is 27.2 Å². The molecule has 2 atom stereocenters. The zero-order valence-corrected chi connectivity index (χ0v) is 20.5. The lowest BCUT2D eigenvalue weighted by atomic mass is 9.73. The van der Waals surface area contributed by atoms with E-state index in [1.165, 1.54) is 5.01 Å². The topological polar surface area (TPSA) is 108 Å². The van der Waals surface area contributed by atoms with Crippen LogP contribution in [0.1, 0.15) is 31.4 Å². The molecule has 35 heavy (non-hydrogen) atoms. The number of nitrogens with two attached hydrogens (primary N) is 1. The molecule has 0 spiro atoms. The summed E-state index contributed by atoms with van der Waals surface area (Å²) in [5, 5.41) is 8.78. The number of hydrazone groups is 1. The number of fused-ring (bicyclic) bond motifs is 1.